The van der Waals surface area contributed by atoms with Gasteiger partial charge >= 0.3 is 0 Å². The lowest BCUT2D eigenvalue weighted by molar-refractivity contribution is 0.214. The number of aromatic nitrogens is 6. The van der Waals surface area contributed by atoms with Crippen molar-refractivity contribution in [2.24, 2.45) is 0 Å². The molecular weight excluding hydrogens is 430 g/mol. The minimum Gasteiger partial charge on any atom is -0.471 e. The van der Waals surface area contributed by atoms with E-state index in [9.17, 15) is 5.26 Å². The summed E-state index contributed by atoms with van der Waals surface area (Å²) in [5.74, 6) is 0.495. The number of nitrogens with zero attached hydrogens (tertiary/aromatic N) is 9. The van der Waals surface area contributed by atoms with Crippen molar-refractivity contribution in [2.45, 2.75) is 38.8 Å². The third-order valence-electron chi connectivity index (χ3n) is 6.29. The average molecular weight is 454 g/mol. The summed E-state index contributed by atoms with van der Waals surface area (Å²) in [6.07, 6.45) is 8.64. The maximum atomic E-state index is 9.59. The second kappa shape index (κ2) is 8.83. The number of rotatable bonds is 5. The predicted octanol–water partition coefficient (Wildman–Crippen LogP) is 3.43. The highest BCUT2D eigenvalue weighted by Crippen LogP contribution is 2.32. The van der Waals surface area contributed by atoms with E-state index in [0.29, 0.717) is 17.2 Å². The van der Waals surface area contributed by atoms with Crippen molar-refractivity contribution in [1.29, 1.82) is 10.5 Å². The Bertz CT molecular complexity index is 1400. The lowest BCUT2D eigenvalue weighted by atomic mass is 10.0. The topological polar surface area (TPSA) is 121 Å². The first-order valence-corrected chi connectivity index (χ1v) is 11.1. The Hall–Kier alpha value is -4.44. The van der Waals surface area contributed by atoms with Gasteiger partial charge in [0.05, 0.1) is 17.9 Å². The van der Waals surface area contributed by atoms with Crippen LogP contribution in [0.15, 0.2) is 42.9 Å². The van der Waals surface area contributed by atoms with Crippen molar-refractivity contribution in [3.63, 3.8) is 0 Å². The van der Waals surface area contributed by atoms with Crippen molar-refractivity contribution < 1.29 is 4.74 Å². The van der Waals surface area contributed by atoms with E-state index in [1.165, 1.54) is 6.20 Å². The van der Waals surface area contributed by atoms with E-state index in [4.69, 9.17) is 10.00 Å². The molecule has 5 heterocycles. The molecule has 0 amide bonds. The predicted molar refractivity (Wildman–Crippen MR) is 122 cm³/mol. The van der Waals surface area contributed by atoms with Gasteiger partial charge in [-0.05, 0) is 38.8 Å². The molecule has 34 heavy (non-hydrogen) atoms. The number of hydrogen-bond acceptors (Lipinski definition) is 8. The fourth-order valence-electron chi connectivity index (χ4n) is 4.41. The minimum atomic E-state index is -0.289. The molecule has 5 rings (SSSR count). The van der Waals surface area contributed by atoms with Gasteiger partial charge < -0.3 is 9.64 Å². The molecule has 170 valence electrons. The van der Waals surface area contributed by atoms with Gasteiger partial charge in [0.1, 0.15) is 29.2 Å². The summed E-state index contributed by atoms with van der Waals surface area (Å²) in [7, 11) is 0. The zero-order chi connectivity index (χ0) is 23.7. The van der Waals surface area contributed by atoms with Crippen LogP contribution in [0.2, 0.25) is 0 Å². The highest BCUT2D eigenvalue weighted by Gasteiger charge is 2.24. The zero-order valence-corrected chi connectivity index (χ0v) is 19.0. The number of nitriles is 2. The number of piperidine rings is 1. The molecule has 0 spiro atoms. The van der Waals surface area contributed by atoms with Crippen LogP contribution in [0.1, 0.15) is 48.9 Å². The molecule has 4 aromatic heterocycles. The van der Waals surface area contributed by atoms with Gasteiger partial charge in [-0.1, -0.05) is 11.3 Å². The number of pyridine rings is 2. The molecule has 10 heteroatoms. The SMILES string of the molecule is Cc1c(-c2cc(O[C@H](C)c3cccnc3)n3c(C#N)cnc3c2)nnn1C1CCN(C#N)CC1. The molecular formula is C24H23N9O. The Morgan fingerprint density at radius 3 is 2.71 bits per heavy atom. The van der Waals surface area contributed by atoms with Crippen LogP contribution in [0.3, 0.4) is 0 Å². The van der Waals surface area contributed by atoms with E-state index in [1.807, 2.05) is 42.8 Å². The molecule has 4 aromatic rings. The molecule has 1 aliphatic heterocycles. The van der Waals surface area contributed by atoms with Gasteiger partial charge in [0, 0.05) is 42.7 Å². The molecule has 1 fully saturated rings. The van der Waals surface area contributed by atoms with E-state index >= 15 is 0 Å². The molecule has 0 radical (unpaired) electrons. The van der Waals surface area contributed by atoms with E-state index in [2.05, 4.69) is 32.5 Å². The molecule has 0 bridgehead atoms. The number of fused-ring (bicyclic) bond motifs is 1. The first-order chi connectivity index (χ1) is 16.6. The molecule has 0 aliphatic carbocycles. The van der Waals surface area contributed by atoms with Gasteiger partial charge in [0.2, 0.25) is 5.88 Å². The van der Waals surface area contributed by atoms with Crippen molar-refractivity contribution in [1.82, 2.24) is 34.3 Å². The van der Waals surface area contributed by atoms with E-state index in [1.54, 1.807) is 21.7 Å². The molecule has 1 aliphatic rings. The van der Waals surface area contributed by atoms with Crippen molar-refractivity contribution in [2.75, 3.05) is 13.1 Å². The van der Waals surface area contributed by atoms with Crippen molar-refractivity contribution >= 4 is 5.65 Å². The third-order valence-corrected chi connectivity index (χ3v) is 6.29. The molecule has 0 unspecified atom stereocenters. The highest BCUT2D eigenvalue weighted by molar-refractivity contribution is 5.68. The average Bonchev–Trinajstić information content (AvgIpc) is 3.48. The standard InChI is InChI=1S/C24H23N9O/c1-16-24(29-30-33(16)20-5-8-31(15-26)9-6-20)19-10-22-28-14-21(12-25)32(22)23(11-19)34-17(2)18-4-3-7-27-13-18/h3-4,7,10-11,13-14,17,20H,5-6,8-9H2,1-2H3/t17-/m1/s1. The monoisotopic (exact) mass is 453 g/mol. The Morgan fingerprint density at radius 2 is 2.00 bits per heavy atom. The normalized spacial score (nSPS) is 15.1. The summed E-state index contributed by atoms with van der Waals surface area (Å²) < 4.78 is 9.96. The largest absolute Gasteiger partial charge is 0.471 e. The summed E-state index contributed by atoms with van der Waals surface area (Å²) in [5, 5.41) is 27.6. The molecule has 0 N–H and O–H groups in total. The van der Waals surface area contributed by atoms with Gasteiger partial charge in [0.15, 0.2) is 6.19 Å². The Labute approximate surface area is 196 Å². The Morgan fingerprint density at radius 1 is 1.18 bits per heavy atom. The van der Waals surface area contributed by atoms with E-state index < -0.39 is 0 Å². The molecule has 1 saturated heterocycles. The highest BCUT2D eigenvalue weighted by atomic mass is 16.5. The first kappa shape index (κ1) is 21.4. The summed E-state index contributed by atoms with van der Waals surface area (Å²) in [5.41, 5.74) is 4.40. The molecule has 1 atom stereocenters. The smallest absolute Gasteiger partial charge is 0.201 e. The van der Waals surface area contributed by atoms with Crippen LogP contribution >= 0.6 is 0 Å². The maximum Gasteiger partial charge on any atom is 0.201 e. The molecule has 10 nitrogen and oxygen atoms in total. The van der Waals surface area contributed by atoms with Gasteiger partial charge in [-0.3, -0.25) is 9.38 Å². The fourth-order valence-corrected chi connectivity index (χ4v) is 4.41. The van der Waals surface area contributed by atoms with Gasteiger partial charge in [-0.15, -0.1) is 5.10 Å². The van der Waals surface area contributed by atoms with Crippen LogP contribution in [0, 0.1) is 29.7 Å². The van der Waals surface area contributed by atoms with Crippen LogP contribution in [0.25, 0.3) is 16.9 Å². The molecule has 0 saturated carbocycles. The van der Waals surface area contributed by atoms with Gasteiger partial charge in [0.25, 0.3) is 0 Å². The summed E-state index contributed by atoms with van der Waals surface area (Å²) in [6.45, 7) is 5.38. The van der Waals surface area contributed by atoms with Crippen molar-refractivity contribution in [3.8, 4) is 29.4 Å². The third kappa shape index (κ3) is 3.80. The summed E-state index contributed by atoms with van der Waals surface area (Å²) >= 11 is 0. The zero-order valence-electron chi connectivity index (χ0n) is 19.0. The number of ether oxygens (including phenoxy) is 1. The number of imidazole rings is 1. The number of hydrogen-bond donors (Lipinski definition) is 0. The van der Waals surface area contributed by atoms with E-state index in [-0.39, 0.29) is 12.1 Å². The number of likely N-dealkylation sites (tertiary alicyclic amines) is 1. The summed E-state index contributed by atoms with van der Waals surface area (Å²) in [6, 6.07) is 9.96. The Balaban J connectivity index is 1.52. The van der Waals surface area contributed by atoms with Crippen LogP contribution in [0.4, 0.5) is 0 Å². The van der Waals surface area contributed by atoms with Crippen LogP contribution < -0.4 is 4.74 Å². The van der Waals surface area contributed by atoms with Gasteiger partial charge in [-0.2, -0.15) is 10.5 Å². The second-order valence-electron chi connectivity index (χ2n) is 8.36. The van der Waals surface area contributed by atoms with Crippen LogP contribution in [-0.2, 0) is 0 Å². The van der Waals surface area contributed by atoms with Crippen LogP contribution in [0.5, 0.6) is 5.88 Å². The quantitative estimate of drug-likeness (QED) is 0.421. The lowest BCUT2D eigenvalue weighted by Gasteiger charge is -2.28. The minimum absolute atomic E-state index is 0.201. The Kier molecular flexibility index (Phi) is 5.56. The summed E-state index contributed by atoms with van der Waals surface area (Å²) in [4.78, 5) is 10.4. The van der Waals surface area contributed by atoms with Crippen molar-refractivity contribution in [3.05, 3.63) is 59.8 Å². The lowest BCUT2D eigenvalue weighted by Crippen LogP contribution is -2.31. The van der Waals surface area contributed by atoms with Gasteiger partial charge in [-0.25, -0.2) is 9.67 Å². The van der Waals surface area contributed by atoms with E-state index in [0.717, 1.165) is 48.4 Å². The molecule has 0 aromatic carbocycles. The van der Waals surface area contributed by atoms with Crippen LogP contribution in [-0.4, -0.2) is 47.4 Å². The first-order valence-electron chi connectivity index (χ1n) is 11.1. The fraction of sp³-hybridized carbons (Fsp3) is 0.333. The maximum absolute atomic E-state index is 9.59. The second-order valence-corrected chi connectivity index (χ2v) is 8.36.